The summed E-state index contributed by atoms with van der Waals surface area (Å²) in [6, 6.07) is 1.62. The van der Waals surface area contributed by atoms with Gasteiger partial charge in [-0.2, -0.15) is 0 Å². The SMILES string of the molecule is C[C@@H]1[C@H](C(=O)O)CCCN1C(=O)c1csc(I)c1. The maximum Gasteiger partial charge on any atom is 0.308 e. The van der Waals surface area contributed by atoms with Crippen LogP contribution in [0.4, 0.5) is 0 Å². The van der Waals surface area contributed by atoms with Gasteiger partial charge in [0.1, 0.15) is 0 Å². The Balaban J connectivity index is 2.17. The molecule has 18 heavy (non-hydrogen) atoms. The van der Waals surface area contributed by atoms with Crippen LogP contribution in [0.15, 0.2) is 11.4 Å². The number of carboxylic acids is 1. The molecular weight excluding hydrogens is 365 g/mol. The van der Waals surface area contributed by atoms with Crippen LogP contribution in [0.3, 0.4) is 0 Å². The lowest BCUT2D eigenvalue weighted by molar-refractivity contribution is -0.144. The fourth-order valence-corrected chi connectivity index (χ4v) is 3.67. The highest BCUT2D eigenvalue weighted by Crippen LogP contribution is 2.26. The van der Waals surface area contributed by atoms with E-state index in [0.29, 0.717) is 18.5 Å². The van der Waals surface area contributed by atoms with Crippen LogP contribution in [0.2, 0.25) is 0 Å². The van der Waals surface area contributed by atoms with Gasteiger partial charge >= 0.3 is 5.97 Å². The van der Waals surface area contributed by atoms with Crippen LogP contribution >= 0.6 is 33.9 Å². The molecule has 1 aromatic rings. The van der Waals surface area contributed by atoms with Crippen molar-refractivity contribution in [1.29, 1.82) is 0 Å². The average Bonchev–Trinajstić information content (AvgIpc) is 2.75. The van der Waals surface area contributed by atoms with Gasteiger partial charge in [0.15, 0.2) is 0 Å². The number of thiophene rings is 1. The largest absolute Gasteiger partial charge is 0.481 e. The highest BCUT2D eigenvalue weighted by molar-refractivity contribution is 14.1. The molecule has 0 spiro atoms. The number of rotatable bonds is 2. The van der Waals surface area contributed by atoms with E-state index in [9.17, 15) is 9.59 Å². The summed E-state index contributed by atoms with van der Waals surface area (Å²) < 4.78 is 1.07. The number of piperidine rings is 1. The van der Waals surface area contributed by atoms with E-state index in [1.165, 1.54) is 11.3 Å². The Labute approximate surface area is 123 Å². The smallest absolute Gasteiger partial charge is 0.308 e. The van der Waals surface area contributed by atoms with Crippen molar-refractivity contribution < 1.29 is 14.7 Å². The normalized spacial score (nSPS) is 24.0. The van der Waals surface area contributed by atoms with E-state index in [4.69, 9.17) is 5.11 Å². The van der Waals surface area contributed by atoms with Crippen molar-refractivity contribution in [3.8, 4) is 0 Å². The van der Waals surface area contributed by atoms with Crippen LogP contribution in [0, 0.1) is 8.80 Å². The third-order valence-corrected chi connectivity index (χ3v) is 5.17. The zero-order valence-electron chi connectivity index (χ0n) is 9.93. The zero-order chi connectivity index (χ0) is 13.3. The van der Waals surface area contributed by atoms with Crippen LogP contribution in [0.1, 0.15) is 30.1 Å². The zero-order valence-corrected chi connectivity index (χ0v) is 12.9. The highest BCUT2D eigenvalue weighted by Gasteiger charge is 2.35. The molecule has 2 atom stereocenters. The van der Waals surface area contributed by atoms with Gasteiger partial charge in [-0.25, -0.2) is 0 Å². The van der Waals surface area contributed by atoms with Crippen molar-refractivity contribution in [2.24, 2.45) is 5.92 Å². The summed E-state index contributed by atoms with van der Waals surface area (Å²) in [5.41, 5.74) is 0.669. The predicted octanol–water partition coefficient (Wildman–Crippen LogP) is 2.68. The van der Waals surface area contributed by atoms with Crippen LogP contribution in [0.25, 0.3) is 0 Å². The lowest BCUT2D eigenvalue weighted by atomic mass is 9.90. The number of halogens is 1. The number of aliphatic carboxylic acids is 1. The van der Waals surface area contributed by atoms with Crippen molar-refractivity contribution in [3.63, 3.8) is 0 Å². The second-order valence-corrected chi connectivity index (χ2v) is 7.27. The molecule has 2 heterocycles. The first kappa shape index (κ1) is 13.8. The van der Waals surface area contributed by atoms with Gasteiger partial charge in [0.2, 0.25) is 0 Å². The molecule has 1 saturated heterocycles. The molecule has 1 aliphatic rings. The van der Waals surface area contributed by atoms with E-state index in [-0.39, 0.29) is 11.9 Å². The van der Waals surface area contributed by atoms with Crippen LogP contribution < -0.4 is 0 Å². The summed E-state index contributed by atoms with van der Waals surface area (Å²) in [6.07, 6.45) is 1.41. The van der Waals surface area contributed by atoms with Gasteiger partial charge in [0, 0.05) is 18.0 Å². The standard InChI is InChI=1S/C12H14INO3S/c1-7-9(12(16)17)3-2-4-14(7)11(15)8-5-10(13)18-6-8/h5-7,9H,2-4H2,1H3,(H,16,17)/t7-,9-/m1/s1. The molecule has 6 heteroatoms. The minimum absolute atomic E-state index is 0.0485. The molecule has 1 N–H and O–H groups in total. The van der Waals surface area contributed by atoms with Gasteiger partial charge < -0.3 is 10.0 Å². The summed E-state index contributed by atoms with van der Waals surface area (Å²) >= 11 is 3.71. The molecule has 4 nitrogen and oxygen atoms in total. The first-order valence-corrected chi connectivity index (χ1v) is 7.74. The van der Waals surface area contributed by atoms with E-state index < -0.39 is 11.9 Å². The van der Waals surface area contributed by atoms with Gasteiger partial charge in [-0.1, -0.05) is 0 Å². The van der Waals surface area contributed by atoms with Gasteiger partial charge in [-0.05, 0) is 48.4 Å². The molecule has 0 aromatic carbocycles. The van der Waals surface area contributed by atoms with Crippen molar-refractivity contribution >= 4 is 45.8 Å². The number of nitrogens with zero attached hydrogens (tertiary/aromatic N) is 1. The molecule has 1 aromatic heterocycles. The van der Waals surface area contributed by atoms with Crippen molar-refractivity contribution in [1.82, 2.24) is 4.90 Å². The molecule has 0 unspecified atom stereocenters. The fourth-order valence-electron chi connectivity index (χ4n) is 2.35. The Morgan fingerprint density at radius 3 is 2.83 bits per heavy atom. The number of likely N-dealkylation sites (tertiary alicyclic amines) is 1. The summed E-state index contributed by atoms with van der Waals surface area (Å²) in [5.74, 6) is -1.30. The lowest BCUT2D eigenvalue weighted by Crippen LogP contribution is -2.49. The van der Waals surface area contributed by atoms with Gasteiger partial charge in [0.05, 0.1) is 14.4 Å². The molecule has 2 rings (SSSR count). The van der Waals surface area contributed by atoms with E-state index >= 15 is 0 Å². The fraction of sp³-hybridized carbons (Fsp3) is 0.500. The number of carbonyl (C=O) groups is 2. The van der Waals surface area contributed by atoms with Crippen LogP contribution in [-0.4, -0.2) is 34.5 Å². The molecule has 0 aliphatic carbocycles. The molecule has 98 valence electrons. The van der Waals surface area contributed by atoms with E-state index in [2.05, 4.69) is 22.6 Å². The van der Waals surface area contributed by atoms with Gasteiger partial charge in [0.25, 0.3) is 5.91 Å². The summed E-state index contributed by atoms with van der Waals surface area (Å²) in [4.78, 5) is 25.2. The summed E-state index contributed by atoms with van der Waals surface area (Å²) in [7, 11) is 0. The Hall–Kier alpha value is -0.630. The number of hydrogen-bond acceptors (Lipinski definition) is 3. The number of amides is 1. The second-order valence-electron chi connectivity index (χ2n) is 4.47. The van der Waals surface area contributed by atoms with Crippen molar-refractivity contribution in [2.75, 3.05) is 6.54 Å². The maximum atomic E-state index is 12.3. The molecule has 1 aliphatic heterocycles. The monoisotopic (exact) mass is 379 g/mol. The minimum Gasteiger partial charge on any atom is -0.481 e. The van der Waals surface area contributed by atoms with Crippen LogP contribution in [0.5, 0.6) is 0 Å². The molecule has 0 radical (unpaired) electrons. The second kappa shape index (κ2) is 5.56. The lowest BCUT2D eigenvalue weighted by Gasteiger charge is -2.37. The molecular formula is C12H14INO3S. The number of carbonyl (C=O) groups excluding carboxylic acids is 1. The Bertz CT molecular complexity index is 474. The first-order valence-electron chi connectivity index (χ1n) is 5.78. The van der Waals surface area contributed by atoms with Crippen molar-refractivity contribution in [2.45, 2.75) is 25.8 Å². The number of carboxylic acid groups (broad SMARTS) is 1. The van der Waals surface area contributed by atoms with Gasteiger partial charge in [-0.15, -0.1) is 11.3 Å². The van der Waals surface area contributed by atoms with E-state index in [0.717, 1.165) is 9.30 Å². The minimum atomic E-state index is -0.806. The average molecular weight is 379 g/mol. The van der Waals surface area contributed by atoms with Crippen LogP contribution in [-0.2, 0) is 4.79 Å². The third kappa shape index (κ3) is 2.69. The van der Waals surface area contributed by atoms with Gasteiger partial charge in [-0.3, -0.25) is 9.59 Å². The highest BCUT2D eigenvalue weighted by atomic mass is 127. The Kier molecular flexibility index (Phi) is 4.26. The summed E-state index contributed by atoms with van der Waals surface area (Å²) in [6.45, 7) is 2.48. The molecule has 0 saturated carbocycles. The van der Waals surface area contributed by atoms with Crippen molar-refractivity contribution in [3.05, 3.63) is 19.9 Å². The maximum absolute atomic E-state index is 12.3. The quantitative estimate of drug-likeness (QED) is 0.804. The summed E-state index contributed by atoms with van der Waals surface area (Å²) in [5, 5.41) is 11.0. The topological polar surface area (TPSA) is 57.6 Å². The Morgan fingerprint density at radius 1 is 1.56 bits per heavy atom. The molecule has 0 bridgehead atoms. The molecule has 1 amide bonds. The van der Waals surface area contributed by atoms with E-state index in [1.54, 1.807) is 4.90 Å². The first-order chi connectivity index (χ1) is 8.50. The predicted molar refractivity (Wildman–Crippen MR) is 77.9 cm³/mol. The Morgan fingerprint density at radius 2 is 2.28 bits per heavy atom. The van der Waals surface area contributed by atoms with E-state index in [1.807, 2.05) is 18.4 Å². The molecule has 1 fully saturated rings. The third-order valence-electron chi connectivity index (χ3n) is 3.38. The number of hydrogen-bond donors (Lipinski definition) is 1.